The van der Waals surface area contributed by atoms with Gasteiger partial charge in [-0.15, -0.1) is 0 Å². The molecule has 0 heterocycles. The zero-order valence-corrected chi connectivity index (χ0v) is 54.4. The maximum Gasteiger partial charge on any atom is 0.306 e. The first-order chi connectivity index (χ1) is 41.0. The van der Waals surface area contributed by atoms with Crippen LogP contribution in [0.25, 0.3) is 0 Å². The van der Waals surface area contributed by atoms with Gasteiger partial charge in [0.2, 0.25) is 0 Å². The Hall–Kier alpha value is -4.19. The smallest absolute Gasteiger partial charge is 0.306 e. The summed E-state index contributed by atoms with van der Waals surface area (Å²) in [6.07, 6.45) is 97.8. The van der Waals surface area contributed by atoms with Gasteiger partial charge in [0.25, 0.3) is 0 Å². The molecule has 0 bridgehead atoms. The van der Waals surface area contributed by atoms with Crippen molar-refractivity contribution < 1.29 is 28.6 Å². The number of ether oxygens (including phenoxy) is 3. The molecule has 0 aliphatic rings. The average Bonchev–Trinajstić information content (AvgIpc) is 3.50. The minimum atomic E-state index is -0.793. The maximum atomic E-state index is 13.0. The zero-order chi connectivity index (χ0) is 59.9. The highest BCUT2D eigenvalue weighted by atomic mass is 16.6. The Morgan fingerprint density at radius 2 is 0.470 bits per heavy atom. The SMILES string of the molecule is CC/C=C\C/C=C\C/C=C\C/C=C\CCCCCCCCCCC(=O)OC(COC(=O)CCCCCCCCC/C=C\C/C=C\C/C=C\CC)COC(=O)CCCCCCCCCCCCCC/C=C\C/C=C\C/C=C\CCCCCCC. The molecule has 6 nitrogen and oxygen atoms in total. The molecule has 0 aliphatic carbocycles. The average molecular weight is 1150 g/mol. The fourth-order valence-corrected chi connectivity index (χ4v) is 9.75. The summed E-state index contributed by atoms with van der Waals surface area (Å²) in [6, 6.07) is 0. The molecule has 0 rings (SSSR count). The van der Waals surface area contributed by atoms with Crippen molar-refractivity contribution in [1.29, 1.82) is 0 Å². The van der Waals surface area contributed by atoms with Crippen molar-refractivity contribution >= 4 is 17.9 Å². The first kappa shape index (κ1) is 78.8. The van der Waals surface area contributed by atoms with E-state index in [0.717, 1.165) is 128 Å². The van der Waals surface area contributed by atoms with Gasteiger partial charge in [0.15, 0.2) is 6.10 Å². The molecule has 6 heteroatoms. The minimum Gasteiger partial charge on any atom is -0.462 e. The molecule has 83 heavy (non-hydrogen) atoms. The molecule has 0 fully saturated rings. The molecule has 0 saturated heterocycles. The topological polar surface area (TPSA) is 78.9 Å². The maximum absolute atomic E-state index is 13.0. The molecule has 0 radical (unpaired) electrons. The van der Waals surface area contributed by atoms with Crippen molar-refractivity contribution in [2.24, 2.45) is 0 Å². The van der Waals surface area contributed by atoms with Crippen LogP contribution in [0.3, 0.4) is 0 Å². The Morgan fingerprint density at radius 1 is 0.253 bits per heavy atom. The van der Waals surface area contributed by atoms with Crippen molar-refractivity contribution in [1.82, 2.24) is 0 Å². The first-order valence-electron chi connectivity index (χ1n) is 35.0. The Balaban J connectivity index is 4.37. The molecule has 0 aromatic rings. The molecule has 0 aromatic carbocycles. The molecule has 0 N–H and O–H groups in total. The molecule has 474 valence electrons. The van der Waals surface area contributed by atoms with E-state index in [9.17, 15) is 14.4 Å². The van der Waals surface area contributed by atoms with Gasteiger partial charge in [-0.2, -0.15) is 0 Å². The number of hydrogen-bond donors (Lipinski definition) is 0. The number of hydrogen-bond acceptors (Lipinski definition) is 6. The summed E-state index contributed by atoms with van der Waals surface area (Å²) < 4.78 is 17.0. The number of allylic oxidation sites excluding steroid dienone is 20. The Bertz CT molecular complexity index is 1700. The summed E-state index contributed by atoms with van der Waals surface area (Å²) in [7, 11) is 0. The fourth-order valence-electron chi connectivity index (χ4n) is 9.75. The van der Waals surface area contributed by atoms with Gasteiger partial charge in [-0.1, -0.05) is 303 Å². The van der Waals surface area contributed by atoms with Crippen LogP contribution in [0.4, 0.5) is 0 Å². The molecular formula is C77H130O6. The van der Waals surface area contributed by atoms with Crippen molar-refractivity contribution in [3.05, 3.63) is 122 Å². The second-order valence-electron chi connectivity index (χ2n) is 23.0. The first-order valence-corrected chi connectivity index (χ1v) is 35.0. The van der Waals surface area contributed by atoms with Crippen LogP contribution in [-0.2, 0) is 28.6 Å². The summed E-state index contributed by atoms with van der Waals surface area (Å²) in [6.45, 7) is 6.42. The predicted octanol–water partition coefficient (Wildman–Crippen LogP) is 24.3. The van der Waals surface area contributed by atoms with Crippen LogP contribution in [0, 0.1) is 0 Å². The molecule has 0 amide bonds. The van der Waals surface area contributed by atoms with Gasteiger partial charge < -0.3 is 14.2 Å². The van der Waals surface area contributed by atoms with E-state index in [0.29, 0.717) is 19.3 Å². The standard InChI is InChI=1S/C77H130O6/c1-4-7-10-13-16-19-22-25-28-31-33-35-36-37-38-39-40-42-43-46-49-52-55-58-61-64-67-70-76(79)82-73-74(72-81-75(78)69-66-63-60-57-54-51-48-45-30-27-24-21-18-15-12-9-6-3)83-77(80)71-68-65-62-59-56-53-50-47-44-41-34-32-29-26-23-20-17-14-11-8-5-2/h8-9,11-12,17-18,20-22,25-27,29-31,33-34,36-37,41,74H,4-7,10,13-16,19,23-24,28,32,35,38-40,42-73H2,1-3H3/b11-8-,12-9-,20-17-,21-18-,25-22-,29-26-,30-27-,33-31-,37-36-,41-34-. The molecule has 0 aromatic heterocycles. The quantitative estimate of drug-likeness (QED) is 0.0261. The third-order valence-electron chi connectivity index (χ3n) is 14.9. The van der Waals surface area contributed by atoms with Crippen molar-refractivity contribution in [3.8, 4) is 0 Å². The lowest BCUT2D eigenvalue weighted by atomic mass is 10.0. The highest BCUT2D eigenvalue weighted by molar-refractivity contribution is 5.71. The van der Waals surface area contributed by atoms with Gasteiger partial charge in [-0.3, -0.25) is 14.4 Å². The van der Waals surface area contributed by atoms with E-state index >= 15 is 0 Å². The number of unbranched alkanes of at least 4 members (excludes halogenated alkanes) is 32. The van der Waals surface area contributed by atoms with Gasteiger partial charge in [0.1, 0.15) is 13.2 Å². The van der Waals surface area contributed by atoms with E-state index < -0.39 is 6.10 Å². The van der Waals surface area contributed by atoms with E-state index in [4.69, 9.17) is 14.2 Å². The lowest BCUT2D eigenvalue weighted by Gasteiger charge is -2.18. The third kappa shape index (κ3) is 68.5. The van der Waals surface area contributed by atoms with Gasteiger partial charge in [-0.05, 0) is 128 Å². The van der Waals surface area contributed by atoms with Crippen LogP contribution in [-0.4, -0.2) is 37.2 Å². The molecule has 1 atom stereocenters. The summed E-state index contributed by atoms with van der Waals surface area (Å²) in [5.74, 6) is -0.896. The zero-order valence-electron chi connectivity index (χ0n) is 54.4. The fraction of sp³-hybridized carbons (Fsp3) is 0.701. The summed E-state index contributed by atoms with van der Waals surface area (Å²) in [5, 5.41) is 0. The van der Waals surface area contributed by atoms with Crippen LogP contribution < -0.4 is 0 Å². The van der Waals surface area contributed by atoms with E-state index in [2.05, 4.69) is 142 Å². The van der Waals surface area contributed by atoms with E-state index in [1.807, 2.05) is 0 Å². The molecule has 1 unspecified atom stereocenters. The highest BCUT2D eigenvalue weighted by Crippen LogP contribution is 2.17. The van der Waals surface area contributed by atoms with Crippen LogP contribution in [0.2, 0.25) is 0 Å². The second kappa shape index (κ2) is 70.3. The second-order valence-corrected chi connectivity index (χ2v) is 23.0. The van der Waals surface area contributed by atoms with Gasteiger partial charge in [-0.25, -0.2) is 0 Å². The third-order valence-corrected chi connectivity index (χ3v) is 14.9. The number of esters is 3. The summed E-state index contributed by atoms with van der Waals surface area (Å²) in [5.41, 5.74) is 0. The van der Waals surface area contributed by atoms with Crippen LogP contribution in [0.1, 0.15) is 329 Å². The number of carbonyl (C=O) groups excluding carboxylic acids is 3. The van der Waals surface area contributed by atoms with Crippen LogP contribution >= 0.6 is 0 Å². The predicted molar refractivity (Wildman–Crippen MR) is 362 cm³/mol. The van der Waals surface area contributed by atoms with Crippen molar-refractivity contribution in [2.75, 3.05) is 13.2 Å². The Morgan fingerprint density at radius 3 is 0.735 bits per heavy atom. The molecular weight excluding hydrogens is 1020 g/mol. The van der Waals surface area contributed by atoms with E-state index in [1.165, 1.54) is 161 Å². The minimum absolute atomic E-state index is 0.0867. The van der Waals surface area contributed by atoms with Gasteiger partial charge in [0.05, 0.1) is 0 Å². The van der Waals surface area contributed by atoms with Gasteiger partial charge in [0, 0.05) is 19.3 Å². The molecule has 0 saturated carbocycles. The van der Waals surface area contributed by atoms with Crippen LogP contribution in [0.5, 0.6) is 0 Å². The molecule has 0 spiro atoms. The highest BCUT2D eigenvalue weighted by Gasteiger charge is 2.19. The summed E-state index contributed by atoms with van der Waals surface area (Å²) in [4.78, 5) is 38.5. The summed E-state index contributed by atoms with van der Waals surface area (Å²) >= 11 is 0. The molecule has 0 aliphatic heterocycles. The van der Waals surface area contributed by atoms with Crippen molar-refractivity contribution in [2.45, 2.75) is 335 Å². The van der Waals surface area contributed by atoms with E-state index in [1.54, 1.807) is 0 Å². The van der Waals surface area contributed by atoms with Gasteiger partial charge >= 0.3 is 17.9 Å². The number of carbonyl (C=O) groups is 3. The Kier molecular flexibility index (Phi) is 66.7. The van der Waals surface area contributed by atoms with Crippen LogP contribution in [0.15, 0.2) is 122 Å². The number of rotatable bonds is 63. The normalized spacial score (nSPS) is 12.9. The largest absolute Gasteiger partial charge is 0.462 e. The monoisotopic (exact) mass is 1150 g/mol. The lowest BCUT2D eigenvalue weighted by Crippen LogP contribution is -2.30. The van der Waals surface area contributed by atoms with Crippen molar-refractivity contribution in [3.63, 3.8) is 0 Å². The Labute approximate surface area is 513 Å². The lowest BCUT2D eigenvalue weighted by molar-refractivity contribution is -0.167. The van der Waals surface area contributed by atoms with E-state index in [-0.39, 0.29) is 31.1 Å².